The first-order chi connectivity index (χ1) is 15.9. The largest absolute Gasteiger partial charge is 0.484 e. The van der Waals surface area contributed by atoms with Crippen LogP contribution in [-0.4, -0.2) is 53.8 Å². The van der Waals surface area contributed by atoms with Gasteiger partial charge < -0.3 is 14.5 Å². The number of ether oxygens (including phenoxy) is 1. The first kappa shape index (κ1) is 23.1. The molecule has 2 heterocycles. The van der Waals surface area contributed by atoms with Gasteiger partial charge in [-0.25, -0.2) is 0 Å². The highest BCUT2D eigenvalue weighted by Crippen LogP contribution is 2.26. The first-order valence-electron chi connectivity index (χ1n) is 11.3. The fourth-order valence-electron chi connectivity index (χ4n) is 3.97. The number of carbonyl (C=O) groups excluding carboxylic acids is 1. The second kappa shape index (κ2) is 10.2. The molecule has 0 unspecified atom stereocenters. The van der Waals surface area contributed by atoms with Crippen molar-refractivity contribution < 1.29 is 9.53 Å². The maximum atomic E-state index is 12.6. The molecule has 0 saturated carbocycles. The van der Waals surface area contributed by atoms with Gasteiger partial charge in [-0.05, 0) is 61.2 Å². The molecule has 0 atom stereocenters. The van der Waals surface area contributed by atoms with Crippen molar-refractivity contribution in [3.63, 3.8) is 0 Å². The molecule has 1 aliphatic rings. The summed E-state index contributed by atoms with van der Waals surface area (Å²) >= 11 is 6.20. The zero-order chi connectivity index (χ0) is 23.4. The molecule has 172 valence electrons. The summed E-state index contributed by atoms with van der Waals surface area (Å²) in [6.07, 6.45) is 1.02. The molecule has 33 heavy (non-hydrogen) atoms. The van der Waals surface area contributed by atoms with Gasteiger partial charge in [-0.15, -0.1) is 10.2 Å². The topological polar surface area (TPSA) is 58.6 Å². The summed E-state index contributed by atoms with van der Waals surface area (Å²) in [6, 6.07) is 16.2. The van der Waals surface area contributed by atoms with E-state index in [0.717, 1.165) is 39.6 Å². The molecular weight excluding hydrogens is 436 g/mol. The average Bonchev–Trinajstić information content (AvgIpc) is 2.86. The van der Waals surface area contributed by atoms with Gasteiger partial charge in [-0.1, -0.05) is 42.8 Å². The number of carbonyl (C=O) groups is 1. The molecule has 1 aliphatic heterocycles. The van der Waals surface area contributed by atoms with Gasteiger partial charge in [-0.2, -0.15) is 0 Å². The van der Waals surface area contributed by atoms with Crippen LogP contribution in [0.5, 0.6) is 5.75 Å². The van der Waals surface area contributed by atoms with E-state index in [9.17, 15) is 4.79 Å². The lowest BCUT2D eigenvalue weighted by atomic mass is 10.1. The zero-order valence-electron chi connectivity index (χ0n) is 19.3. The Morgan fingerprint density at radius 1 is 0.970 bits per heavy atom. The van der Waals surface area contributed by atoms with E-state index in [1.165, 1.54) is 5.56 Å². The summed E-state index contributed by atoms with van der Waals surface area (Å²) in [4.78, 5) is 16.6. The van der Waals surface area contributed by atoms with Gasteiger partial charge in [0.25, 0.3) is 5.91 Å². The van der Waals surface area contributed by atoms with Crippen LogP contribution in [0.3, 0.4) is 0 Å². The van der Waals surface area contributed by atoms with Crippen molar-refractivity contribution in [3.8, 4) is 17.0 Å². The van der Waals surface area contributed by atoms with Gasteiger partial charge in [0.15, 0.2) is 12.4 Å². The molecule has 0 aliphatic carbocycles. The minimum atomic E-state index is -0.0168. The fourth-order valence-corrected chi connectivity index (χ4v) is 4.08. The number of benzene rings is 2. The molecule has 7 heteroatoms. The van der Waals surface area contributed by atoms with Gasteiger partial charge in [0.05, 0.1) is 5.69 Å². The Balaban J connectivity index is 1.29. The lowest BCUT2D eigenvalue weighted by molar-refractivity contribution is -0.133. The van der Waals surface area contributed by atoms with Crippen molar-refractivity contribution in [2.45, 2.75) is 27.2 Å². The molecule has 4 rings (SSSR count). The molecule has 0 spiro atoms. The molecule has 1 fully saturated rings. The van der Waals surface area contributed by atoms with Crippen LogP contribution in [0.15, 0.2) is 48.5 Å². The zero-order valence-corrected chi connectivity index (χ0v) is 20.1. The fraction of sp³-hybridized carbons (Fsp3) is 0.346. The van der Waals surface area contributed by atoms with Crippen molar-refractivity contribution in [3.05, 3.63) is 70.2 Å². The third-order valence-electron chi connectivity index (χ3n) is 6.04. The summed E-state index contributed by atoms with van der Waals surface area (Å²) in [5.74, 6) is 1.48. The van der Waals surface area contributed by atoms with Gasteiger partial charge in [0.1, 0.15) is 5.75 Å². The van der Waals surface area contributed by atoms with Crippen LogP contribution in [0.4, 0.5) is 5.82 Å². The van der Waals surface area contributed by atoms with Gasteiger partial charge >= 0.3 is 0 Å². The average molecular weight is 465 g/mol. The maximum Gasteiger partial charge on any atom is 0.260 e. The highest BCUT2D eigenvalue weighted by atomic mass is 35.5. The van der Waals surface area contributed by atoms with Gasteiger partial charge in [-0.3, -0.25) is 4.79 Å². The Bertz CT molecular complexity index is 1090. The molecule has 0 bridgehead atoms. The van der Waals surface area contributed by atoms with E-state index in [4.69, 9.17) is 16.3 Å². The molecule has 2 aromatic carbocycles. The van der Waals surface area contributed by atoms with Crippen molar-refractivity contribution >= 4 is 23.3 Å². The Morgan fingerprint density at radius 3 is 2.21 bits per heavy atom. The number of amides is 1. The van der Waals surface area contributed by atoms with Crippen molar-refractivity contribution in [2.24, 2.45) is 0 Å². The molecule has 0 N–H and O–H groups in total. The van der Waals surface area contributed by atoms with Gasteiger partial charge in [0.2, 0.25) is 0 Å². The number of aryl methyl sites for hydroxylation is 3. The highest BCUT2D eigenvalue weighted by molar-refractivity contribution is 6.32. The SMILES string of the molecule is CCc1ccc(-c2ccc(N3CCN(C(=O)COc4cc(C)c(Cl)c(C)c4)CC3)nn2)cc1. The molecule has 1 aromatic heterocycles. The molecule has 0 radical (unpaired) electrons. The maximum absolute atomic E-state index is 12.6. The third kappa shape index (κ3) is 5.45. The summed E-state index contributed by atoms with van der Waals surface area (Å²) < 4.78 is 5.73. The Kier molecular flexibility index (Phi) is 7.14. The van der Waals surface area contributed by atoms with E-state index < -0.39 is 0 Å². The summed E-state index contributed by atoms with van der Waals surface area (Å²) in [6.45, 7) is 8.71. The summed E-state index contributed by atoms with van der Waals surface area (Å²) in [7, 11) is 0. The monoisotopic (exact) mass is 464 g/mol. The molecule has 1 amide bonds. The Hall–Kier alpha value is -3.12. The lowest BCUT2D eigenvalue weighted by Gasteiger charge is -2.35. The molecule has 6 nitrogen and oxygen atoms in total. The number of piperazine rings is 1. The smallest absolute Gasteiger partial charge is 0.260 e. The number of hydrogen-bond acceptors (Lipinski definition) is 5. The lowest BCUT2D eigenvalue weighted by Crippen LogP contribution is -2.50. The van der Waals surface area contributed by atoms with E-state index in [-0.39, 0.29) is 12.5 Å². The summed E-state index contributed by atoms with van der Waals surface area (Å²) in [5, 5.41) is 9.58. The number of aromatic nitrogens is 2. The van der Waals surface area contributed by atoms with Crippen LogP contribution in [0.2, 0.25) is 5.02 Å². The Morgan fingerprint density at radius 2 is 1.64 bits per heavy atom. The van der Waals surface area contributed by atoms with Crippen LogP contribution in [0, 0.1) is 13.8 Å². The van der Waals surface area contributed by atoms with Crippen LogP contribution in [-0.2, 0) is 11.2 Å². The number of hydrogen-bond donors (Lipinski definition) is 0. The van der Waals surface area contributed by atoms with E-state index in [1.54, 1.807) is 0 Å². The highest BCUT2D eigenvalue weighted by Gasteiger charge is 2.22. The standard InChI is InChI=1S/C26H29ClN4O2/c1-4-20-5-7-21(8-6-20)23-9-10-24(29-28-23)30-11-13-31(14-12-30)25(32)17-33-22-15-18(2)26(27)19(3)16-22/h5-10,15-16H,4,11-14,17H2,1-3H3. The number of rotatable bonds is 6. The minimum absolute atomic E-state index is 0.0168. The van der Waals surface area contributed by atoms with Crippen molar-refractivity contribution in [1.82, 2.24) is 15.1 Å². The van der Waals surface area contributed by atoms with E-state index >= 15 is 0 Å². The predicted octanol–water partition coefficient (Wildman–Crippen LogP) is 4.70. The van der Waals surface area contributed by atoms with Gasteiger partial charge in [0, 0.05) is 36.8 Å². The van der Waals surface area contributed by atoms with Crippen LogP contribution < -0.4 is 9.64 Å². The number of halogens is 1. The number of nitrogens with zero attached hydrogens (tertiary/aromatic N) is 4. The second-order valence-corrected chi connectivity index (χ2v) is 8.73. The molecule has 3 aromatic rings. The van der Waals surface area contributed by atoms with Crippen molar-refractivity contribution in [2.75, 3.05) is 37.7 Å². The van der Waals surface area contributed by atoms with Crippen LogP contribution >= 0.6 is 11.6 Å². The van der Waals surface area contributed by atoms with E-state index in [0.29, 0.717) is 31.9 Å². The van der Waals surface area contributed by atoms with E-state index in [2.05, 4.69) is 46.3 Å². The van der Waals surface area contributed by atoms with Crippen molar-refractivity contribution in [1.29, 1.82) is 0 Å². The van der Waals surface area contributed by atoms with Crippen LogP contribution in [0.1, 0.15) is 23.6 Å². The quantitative estimate of drug-likeness (QED) is 0.529. The Labute approximate surface area is 200 Å². The molecule has 1 saturated heterocycles. The number of anilines is 1. The third-order valence-corrected chi connectivity index (χ3v) is 6.63. The predicted molar refractivity (Wildman–Crippen MR) is 132 cm³/mol. The van der Waals surface area contributed by atoms with Crippen LogP contribution in [0.25, 0.3) is 11.3 Å². The summed E-state index contributed by atoms with van der Waals surface area (Å²) in [5.41, 5.74) is 5.11. The second-order valence-electron chi connectivity index (χ2n) is 8.35. The first-order valence-corrected chi connectivity index (χ1v) is 11.7. The normalized spacial score (nSPS) is 13.8. The van der Waals surface area contributed by atoms with E-state index in [1.807, 2.05) is 43.0 Å². The molecular formula is C26H29ClN4O2. The minimum Gasteiger partial charge on any atom is -0.484 e.